The minimum Gasteiger partial charge on any atom is -0.444 e. The SMILES string of the molecule is CC(C)N(C)[C@@H]1CC[C@H](N2CC[C@H](NC(=O)OC(C)(C)C)C2=O)[C@H](CS(=O)(=O)c2ccccc2)C1. The number of carbonyl (C=O) groups is 2. The number of hydrogen-bond donors (Lipinski definition) is 1. The van der Waals surface area contributed by atoms with Crippen molar-refractivity contribution in [2.45, 2.75) is 95.0 Å². The lowest BCUT2D eigenvalue weighted by atomic mass is 9.81. The van der Waals surface area contributed by atoms with Gasteiger partial charge >= 0.3 is 6.09 Å². The number of rotatable bonds is 7. The van der Waals surface area contributed by atoms with Crippen molar-refractivity contribution < 1.29 is 22.7 Å². The number of nitrogens with zero attached hydrogens (tertiary/aromatic N) is 2. The van der Waals surface area contributed by atoms with E-state index in [2.05, 4.69) is 31.1 Å². The van der Waals surface area contributed by atoms with Crippen LogP contribution < -0.4 is 5.32 Å². The van der Waals surface area contributed by atoms with Crippen LogP contribution in [-0.4, -0.2) is 79.3 Å². The van der Waals surface area contributed by atoms with Crippen LogP contribution in [0.3, 0.4) is 0 Å². The fourth-order valence-corrected chi connectivity index (χ4v) is 6.91. The zero-order chi connectivity index (χ0) is 26.0. The normalized spacial score (nSPS) is 25.8. The van der Waals surface area contributed by atoms with Gasteiger partial charge in [0.2, 0.25) is 5.91 Å². The second-order valence-electron chi connectivity index (χ2n) is 11.2. The summed E-state index contributed by atoms with van der Waals surface area (Å²) in [5.41, 5.74) is -0.650. The first-order chi connectivity index (χ1) is 16.3. The van der Waals surface area contributed by atoms with Crippen LogP contribution >= 0.6 is 0 Å². The van der Waals surface area contributed by atoms with Gasteiger partial charge in [0.25, 0.3) is 0 Å². The number of likely N-dealkylation sites (tertiary alicyclic amines) is 1. The van der Waals surface area contributed by atoms with Gasteiger partial charge in [-0.2, -0.15) is 0 Å². The average Bonchev–Trinajstić information content (AvgIpc) is 3.12. The zero-order valence-corrected chi connectivity index (χ0v) is 22.7. The van der Waals surface area contributed by atoms with Crippen LogP contribution in [0.15, 0.2) is 35.2 Å². The molecule has 9 heteroatoms. The molecule has 2 fully saturated rings. The molecule has 0 spiro atoms. The van der Waals surface area contributed by atoms with Crippen molar-refractivity contribution in [1.29, 1.82) is 0 Å². The molecule has 1 heterocycles. The monoisotopic (exact) mass is 507 g/mol. The van der Waals surface area contributed by atoms with E-state index in [4.69, 9.17) is 4.74 Å². The summed E-state index contributed by atoms with van der Waals surface area (Å²) in [7, 11) is -1.42. The Hall–Kier alpha value is -2.13. The van der Waals surface area contributed by atoms with Crippen LogP contribution in [-0.2, 0) is 19.4 Å². The lowest BCUT2D eigenvalue weighted by Crippen LogP contribution is -2.53. The number of carbonyl (C=O) groups excluding carboxylic acids is 2. The Labute approximate surface area is 210 Å². The molecule has 1 aliphatic heterocycles. The second-order valence-corrected chi connectivity index (χ2v) is 13.2. The molecule has 1 N–H and O–H groups in total. The number of amides is 2. The Morgan fingerprint density at radius 1 is 1.17 bits per heavy atom. The van der Waals surface area contributed by atoms with Crippen molar-refractivity contribution in [2.24, 2.45) is 5.92 Å². The van der Waals surface area contributed by atoms with Crippen LogP contribution in [0.5, 0.6) is 0 Å². The molecular formula is C26H41N3O5S. The molecule has 196 valence electrons. The van der Waals surface area contributed by atoms with Gasteiger partial charge in [-0.15, -0.1) is 0 Å². The molecule has 35 heavy (non-hydrogen) atoms. The van der Waals surface area contributed by atoms with Crippen molar-refractivity contribution in [3.05, 3.63) is 30.3 Å². The largest absolute Gasteiger partial charge is 0.444 e. The molecule has 0 radical (unpaired) electrons. The highest BCUT2D eigenvalue weighted by Crippen LogP contribution is 2.35. The maximum absolute atomic E-state index is 13.3. The van der Waals surface area contributed by atoms with Gasteiger partial charge in [-0.1, -0.05) is 18.2 Å². The van der Waals surface area contributed by atoms with E-state index in [1.165, 1.54) is 0 Å². The Bertz CT molecular complexity index is 990. The van der Waals surface area contributed by atoms with Gasteiger partial charge in [-0.25, -0.2) is 13.2 Å². The molecule has 0 bridgehead atoms. The summed E-state index contributed by atoms with van der Waals surface area (Å²) < 4.78 is 31.9. The van der Waals surface area contributed by atoms with E-state index in [-0.39, 0.29) is 29.7 Å². The lowest BCUT2D eigenvalue weighted by molar-refractivity contribution is -0.133. The first-order valence-corrected chi connectivity index (χ1v) is 14.2. The van der Waals surface area contributed by atoms with Gasteiger partial charge in [0.05, 0.1) is 10.6 Å². The number of benzene rings is 1. The van der Waals surface area contributed by atoms with Gasteiger partial charge in [-0.05, 0) is 85.4 Å². The van der Waals surface area contributed by atoms with Crippen molar-refractivity contribution in [3.63, 3.8) is 0 Å². The molecule has 1 saturated heterocycles. The molecule has 2 amide bonds. The average molecular weight is 508 g/mol. The molecule has 1 aliphatic carbocycles. The topological polar surface area (TPSA) is 96.0 Å². The summed E-state index contributed by atoms with van der Waals surface area (Å²) in [6.45, 7) is 10.1. The third-order valence-electron chi connectivity index (χ3n) is 7.17. The van der Waals surface area contributed by atoms with Gasteiger partial charge < -0.3 is 19.9 Å². The van der Waals surface area contributed by atoms with E-state index >= 15 is 0 Å². The first-order valence-electron chi connectivity index (χ1n) is 12.6. The van der Waals surface area contributed by atoms with Crippen LogP contribution in [0.4, 0.5) is 4.79 Å². The highest BCUT2D eigenvalue weighted by Gasteiger charge is 2.44. The third kappa shape index (κ3) is 6.97. The summed E-state index contributed by atoms with van der Waals surface area (Å²) in [5.74, 6) is -0.346. The van der Waals surface area contributed by atoms with Crippen LogP contribution in [0.2, 0.25) is 0 Å². The van der Waals surface area contributed by atoms with Crippen molar-refractivity contribution in [2.75, 3.05) is 19.3 Å². The smallest absolute Gasteiger partial charge is 0.408 e. The number of hydrogen-bond acceptors (Lipinski definition) is 6. The fraction of sp³-hybridized carbons (Fsp3) is 0.692. The Balaban J connectivity index is 1.78. The predicted molar refractivity (Wildman–Crippen MR) is 136 cm³/mol. The molecule has 4 atom stereocenters. The minimum absolute atomic E-state index is 0.00193. The van der Waals surface area contributed by atoms with Crippen LogP contribution in [0, 0.1) is 5.92 Å². The molecule has 3 rings (SSSR count). The number of sulfone groups is 1. The quantitative estimate of drug-likeness (QED) is 0.607. The first kappa shape index (κ1) is 27.5. The number of alkyl carbamates (subject to hydrolysis) is 1. The summed E-state index contributed by atoms with van der Waals surface area (Å²) in [6, 6.07) is 8.32. The molecule has 8 nitrogen and oxygen atoms in total. The standard InChI is InChI=1S/C26H41N3O5S/c1-18(2)28(6)20-12-13-23(19(16-20)17-35(32,33)21-10-8-7-9-11-21)29-15-14-22(24(29)30)27-25(31)34-26(3,4)5/h7-11,18-20,22-23H,12-17H2,1-6H3,(H,27,31)/t19-,20+,22-,23-/m0/s1. The number of ether oxygens (including phenoxy) is 1. The number of nitrogens with one attached hydrogen (secondary N) is 1. The Morgan fingerprint density at radius 2 is 1.83 bits per heavy atom. The van der Waals surface area contributed by atoms with E-state index in [1.807, 2.05) is 0 Å². The summed E-state index contributed by atoms with van der Waals surface area (Å²) >= 11 is 0. The van der Waals surface area contributed by atoms with Gasteiger partial charge in [0.1, 0.15) is 11.6 Å². The maximum atomic E-state index is 13.3. The third-order valence-corrected chi connectivity index (χ3v) is 9.03. The van der Waals surface area contributed by atoms with E-state index in [9.17, 15) is 18.0 Å². The van der Waals surface area contributed by atoms with Crippen LogP contribution in [0.1, 0.15) is 60.3 Å². The van der Waals surface area contributed by atoms with Crippen LogP contribution in [0.25, 0.3) is 0 Å². The molecule has 1 saturated carbocycles. The van der Waals surface area contributed by atoms with E-state index in [1.54, 1.807) is 56.0 Å². The predicted octanol–water partition coefficient (Wildman–Crippen LogP) is 3.46. The van der Waals surface area contributed by atoms with E-state index in [0.717, 1.165) is 12.8 Å². The lowest BCUT2D eigenvalue weighted by Gasteiger charge is -2.44. The van der Waals surface area contributed by atoms with Crippen molar-refractivity contribution in [1.82, 2.24) is 15.1 Å². The fourth-order valence-electron chi connectivity index (χ4n) is 5.23. The Morgan fingerprint density at radius 3 is 2.43 bits per heavy atom. The minimum atomic E-state index is -3.51. The second kappa shape index (κ2) is 10.9. The molecule has 1 aromatic rings. The maximum Gasteiger partial charge on any atom is 0.408 e. The highest BCUT2D eigenvalue weighted by atomic mass is 32.2. The molecule has 0 aromatic heterocycles. The molecule has 2 aliphatic rings. The molecular weight excluding hydrogens is 466 g/mol. The summed E-state index contributed by atoms with van der Waals surface area (Å²) in [5, 5.41) is 2.71. The molecule has 0 unspecified atom stereocenters. The summed E-state index contributed by atoms with van der Waals surface area (Å²) in [6.07, 6.45) is 2.22. The molecule has 1 aromatic carbocycles. The summed E-state index contributed by atoms with van der Waals surface area (Å²) in [4.78, 5) is 30.0. The van der Waals surface area contributed by atoms with Gasteiger partial charge in [0.15, 0.2) is 9.84 Å². The van der Waals surface area contributed by atoms with E-state index < -0.39 is 27.6 Å². The van der Waals surface area contributed by atoms with Gasteiger partial charge in [-0.3, -0.25) is 4.79 Å². The Kier molecular flexibility index (Phi) is 8.52. The highest BCUT2D eigenvalue weighted by molar-refractivity contribution is 7.91. The zero-order valence-electron chi connectivity index (χ0n) is 21.9. The van der Waals surface area contributed by atoms with Crippen molar-refractivity contribution >= 4 is 21.8 Å². The van der Waals surface area contributed by atoms with E-state index in [0.29, 0.717) is 30.3 Å². The van der Waals surface area contributed by atoms with Gasteiger partial charge in [0, 0.05) is 24.7 Å². The van der Waals surface area contributed by atoms with Crippen molar-refractivity contribution in [3.8, 4) is 0 Å².